The van der Waals surface area contributed by atoms with Crippen molar-refractivity contribution >= 4 is 12.0 Å². The van der Waals surface area contributed by atoms with Gasteiger partial charge in [-0.05, 0) is 30.5 Å². The van der Waals surface area contributed by atoms with E-state index in [1.807, 2.05) is 54.3 Å². The molecule has 0 N–H and O–H groups in total. The van der Waals surface area contributed by atoms with Crippen LogP contribution in [0.2, 0.25) is 0 Å². The number of carbonyl (C=O) groups is 1. The van der Waals surface area contributed by atoms with E-state index in [2.05, 4.69) is 36.1 Å². The first-order valence-electron chi connectivity index (χ1n) is 10.1. The zero-order chi connectivity index (χ0) is 19.8. The van der Waals surface area contributed by atoms with Crippen molar-refractivity contribution in [3.8, 4) is 5.75 Å². The number of para-hydroxylation sites is 1. The van der Waals surface area contributed by atoms with E-state index in [1.54, 1.807) is 0 Å². The molecule has 1 amide bonds. The number of benzene rings is 2. The van der Waals surface area contributed by atoms with Crippen LogP contribution >= 0.6 is 0 Å². The summed E-state index contributed by atoms with van der Waals surface area (Å²) in [6.07, 6.45) is 4.78. The van der Waals surface area contributed by atoms with Gasteiger partial charge in [-0.15, -0.1) is 0 Å². The normalized spacial score (nSPS) is 16.3. The van der Waals surface area contributed by atoms with Gasteiger partial charge in [0.05, 0.1) is 0 Å². The SMILES string of the molecule is CCc1ccccc1OC(C)C(=O)N1CCN(C/C=C/c2ccccc2)CC1. The number of hydrogen-bond donors (Lipinski definition) is 0. The van der Waals surface area contributed by atoms with Crippen LogP contribution in [-0.2, 0) is 11.2 Å². The zero-order valence-electron chi connectivity index (χ0n) is 16.9. The lowest BCUT2D eigenvalue weighted by Crippen LogP contribution is -2.51. The molecule has 148 valence electrons. The summed E-state index contributed by atoms with van der Waals surface area (Å²) < 4.78 is 5.98. The van der Waals surface area contributed by atoms with Crippen molar-refractivity contribution in [2.24, 2.45) is 0 Å². The Morgan fingerprint density at radius 3 is 2.43 bits per heavy atom. The van der Waals surface area contributed by atoms with E-state index < -0.39 is 6.10 Å². The predicted octanol–water partition coefficient (Wildman–Crippen LogP) is 3.87. The zero-order valence-corrected chi connectivity index (χ0v) is 16.9. The monoisotopic (exact) mass is 378 g/mol. The molecule has 1 heterocycles. The number of rotatable bonds is 7. The van der Waals surface area contributed by atoms with Gasteiger partial charge >= 0.3 is 0 Å². The van der Waals surface area contributed by atoms with Crippen LogP contribution < -0.4 is 4.74 Å². The molecule has 1 fully saturated rings. The Bertz CT molecular complexity index is 780. The van der Waals surface area contributed by atoms with Crippen molar-refractivity contribution in [1.29, 1.82) is 0 Å². The predicted molar refractivity (Wildman–Crippen MR) is 114 cm³/mol. The van der Waals surface area contributed by atoms with E-state index in [9.17, 15) is 4.79 Å². The van der Waals surface area contributed by atoms with Crippen LogP contribution in [0.5, 0.6) is 5.75 Å². The molecule has 2 aromatic carbocycles. The average molecular weight is 379 g/mol. The third kappa shape index (κ3) is 5.46. The molecule has 1 aliphatic heterocycles. The largest absolute Gasteiger partial charge is 0.481 e. The van der Waals surface area contributed by atoms with Crippen molar-refractivity contribution in [1.82, 2.24) is 9.80 Å². The third-order valence-electron chi connectivity index (χ3n) is 5.16. The van der Waals surface area contributed by atoms with Gasteiger partial charge in [-0.1, -0.05) is 67.6 Å². The minimum Gasteiger partial charge on any atom is -0.481 e. The summed E-state index contributed by atoms with van der Waals surface area (Å²) in [7, 11) is 0. The second kappa shape index (κ2) is 10.1. The maximum Gasteiger partial charge on any atom is 0.263 e. The van der Waals surface area contributed by atoms with Gasteiger partial charge in [0.1, 0.15) is 5.75 Å². The van der Waals surface area contributed by atoms with Gasteiger partial charge in [0.25, 0.3) is 5.91 Å². The highest BCUT2D eigenvalue weighted by Crippen LogP contribution is 2.20. The van der Waals surface area contributed by atoms with Crippen LogP contribution in [0, 0.1) is 0 Å². The summed E-state index contributed by atoms with van der Waals surface area (Å²) in [6.45, 7) is 8.14. The second-order valence-corrected chi connectivity index (χ2v) is 7.16. The first-order valence-corrected chi connectivity index (χ1v) is 10.1. The number of piperazine rings is 1. The minimum absolute atomic E-state index is 0.0744. The summed E-state index contributed by atoms with van der Waals surface area (Å²) in [5.74, 6) is 0.890. The summed E-state index contributed by atoms with van der Waals surface area (Å²) in [5, 5.41) is 0. The highest BCUT2D eigenvalue weighted by Gasteiger charge is 2.26. The van der Waals surface area contributed by atoms with Crippen LogP contribution in [0.1, 0.15) is 25.0 Å². The molecule has 1 aliphatic rings. The van der Waals surface area contributed by atoms with E-state index >= 15 is 0 Å². The molecule has 0 bridgehead atoms. The molecule has 4 heteroatoms. The van der Waals surface area contributed by atoms with Gasteiger partial charge in [-0.2, -0.15) is 0 Å². The number of nitrogens with zero attached hydrogens (tertiary/aromatic N) is 2. The topological polar surface area (TPSA) is 32.8 Å². The molecule has 0 aliphatic carbocycles. The fraction of sp³-hybridized carbons (Fsp3) is 0.375. The maximum absolute atomic E-state index is 12.8. The molecule has 3 rings (SSSR count). The van der Waals surface area contributed by atoms with Crippen molar-refractivity contribution in [3.63, 3.8) is 0 Å². The second-order valence-electron chi connectivity index (χ2n) is 7.16. The highest BCUT2D eigenvalue weighted by molar-refractivity contribution is 5.81. The first-order chi connectivity index (χ1) is 13.7. The number of ether oxygens (including phenoxy) is 1. The standard InChI is InChI=1S/C24H30N2O2/c1-3-22-13-7-8-14-23(22)28-20(2)24(27)26-18-16-25(17-19-26)15-9-12-21-10-5-4-6-11-21/h4-14,20H,3,15-19H2,1-2H3/b12-9+. The number of hydrogen-bond acceptors (Lipinski definition) is 3. The van der Waals surface area contributed by atoms with Gasteiger partial charge in [-0.3, -0.25) is 9.69 Å². The van der Waals surface area contributed by atoms with Crippen molar-refractivity contribution < 1.29 is 9.53 Å². The Morgan fingerprint density at radius 2 is 1.71 bits per heavy atom. The van der Waals surface area contributed by atoms with E-state index in [0.29, 0.717) is 0 Å². The fourth-order valence-corrected chi connectivity index (χ4v) is 3.46. The van der Waals surface area contributed by atoms with Crippen molar-refractivity contribution in [2.75, 3.05) is 32.7 Å². The fourth-order valence-electron chi connectivity index (χ4n) is 3.46. The molecule has 1 saturated heterocycles. The first kappa shape index (κ1) is 20.2. The van der Waals surface area contributed by atoms with Crippen LogP contribution in [0.25, 0.3) is 6.08 Å². The summed E-state index contributed by atoms with van der Waals surface area (Å²) >= 11 is 0. The quantitative estimate of drug-likeness (QED) is 0.733. The van der Waals surface area contributed by atoms with Crippen molar-refractivity contribution in [2.45, 2.75) is 26.4 Å². The molecular formula is C24H30N2O2. The third-order valence-corrected chi connectivity index (χ3v) is 5.16. The van der Waals surface area contributed by atoms with Crippen LogP contribution in [0.15, 0.2) is 60.7 Å². The summed E-state index contributed by atoms with van der Waals surface area (Å²) in [4.78, 5) is 17.1. The molecule has 0 aromatic heterocycles. The molecule has 1 atom stereocenters. The summed E-state index contributed by atoms with van der Waals surface area (Å²) in [6, 6.07) is 18.3. The molecule has 0 radical (unpaired) electrons. The lowest BCUT2D eigenvalue weighted by Gasteiger charge is -2.35. The maximum atomic E-state index is 12.8. The number of aryl methyl sites for hydroxylation is 1. The van der Waals surface area contributed by atoms with Gasteiger partial charge in [0.2, 0.25) is 0 Å². The molecule has 4 nitrogen and oxygen atoms in total. The Labute approximate surface area is 168 Å². The van der Waals surface area contributed by atoms with Crippen LogP contribution in [0.3, 0.4) is 0 Å². The van der Waals surface area contributed by atoms with Gasteiger partial charge in [-0.25, -0.2) is 0 Å². The molecule has 2 aromatic rings. The average Bonchev–Trinajstić information content (AvgIpc) is 2.75. The Kier molecular flexibility index (Phi) is 7.26. The van der Waals surface area contributed by atoms with Crippen LogP contribution in [-0.4, -0.2) is 54.5 Å². The van der Waals surface area contributed by atoms with E-state index in [-0.39, 0.29) is 5.91 Å². The molecule has 0 saturated carbocycles. The lowest BCUT2D eigenvalue weighted by molar-refractivity contribution is -0.139. The molecular weight excluding hydrogens is 348 g/mol. The highest BCUT2D eigenvalue weighted by atomic mass is 16.5. The Morgan fingerprint density at radius 1 is 1.04 bits per heavy atom. The van der Waals surface area contributed by atoms with Crippen LogP contribution in [0.4, 0.5) is 0 Å². The minimum atomic E-state index is -0.461. The Balaban J connectivity index is 1.46. The van der Waals surface area contributed by atoms with E-state index in [0.717, 1.165) is 50.5 Å². The number of carbonyl (C=O) groups excluding carboxylic acids is 1. The Hall–Kier alpha value is -2.59. The van der Waals surface area contributed by atoms with Gasteiger partial charge < -0.3 is 9.64 Å². The molecule has 0 spiro atoms. The summed E-state index contributed by atoms with van der Waals surface area (Å²) in [5.41, 5.74) is 2.35. The van der Waals surface area contributed by atoms with Gasteiger partial charge in [0, 0.05) is 32.7 Å². The number of amides is 1. The van der Waals surface area contributed by atoms with Crippen molar-refractivity contribution in [3.05, 3.63) is 71.8 Å². The molecule has 1 unspecified atom stereocenters. The van der Waals surface area contributed by atoms with Gasteiger partial charge in [0.15, 0.2) is 6.10 Å². The van der Waals surface area contributed by atoms with E-state index in [4.69, 9.17) is 4.74 Å². The molecule has 28 heavy (non-hydrogen) atoms. The smallest absolute Gasteiger partial charge is 0.263 e. The lowest BCUT2D eigenvalue weighted by atomic mass is 10.1. The van der Waals surface area contributed by atoms with E-state index in [1.165, 1.54) is 5.56 Å².